The molecule has 0 bridgehead atoms. The van der Waals surface area contributed by atoms with E-state index in [0.717, 1.165) is 28.5 Å². The van der Waals surface area contributed by atoms with Gasteiger partial charge in [-0.05, 0) is 86.4 Å². The fourth-order valence-electron chi connectivity index (χ4n) is 4.41. The summed E-state index contributed by atoms with van der Waals surface area (Å²) in [6.07, 6.45) is 12.6. The van der Waals surface area contributed by atoms with Crippen molar-refractivity contribution < 1.29 is 0 Å². The largest absolute Gasteiger partial charge is 0.101 e. The Bertz CT molecular complexity index is 854. The van der Waals surface area contributed by atoms with Crippen molar-refractivity contribution in [2.45, 2.75) is 77.6 Å². The zero-order valence-electron chi connectivity index (χ0n) is 18.1. The molecule has 2 aromatic rings. The van der Waals surface area contributed by atoms with E-state index in [1.807, 2.05) is 31.2 Å². The maximum Gasteiger partial charge on any atom is 0.0249 e. The fourth-order valence-corrected chi connectivity index (χ4v) is 4.41. The SMILES string of the molecule is CC#Cc1ccc(C#Cc2ccc(C3CCC(CCCCCC)CC3)cc2)cc1. The van der Waals surface area contributed by atoms with Crippen molar-refractivity contribution in [3.05, 3.63) is 70.8 Å². The first-order valence-corrected chi connectivity index (χ1v) is 11.4. The Morgan fingerprint density at radius 1 is 0.690 bits per heavy atom. The van der Waals surface area contributed by atoms with Crippen molar-refractivity contribution in [2.75, 3.05) is 0 Å². The summed E-state index contributed by atoms with van der Waals surface area (Å²) >= 11 is 0. The highest BCUT2D eigenvalue weighted by atomic mass is 14.3. The molecule has 0 radical (unpaired) electrons. The molecule has 150 valence electrons. The van der Waals surface area contributed by atoms with Gasteiger partial charge in [0.15, 0.2) is 0 Å². The maximum atomic E-state index is 3.30. The first-order valence-electron chi connectivity index (χ1n) is 11.4. The van der Waals surface area contributed by atoms with Gasteiger partial charge in [0.2, 0.25) is 0 Å². The van der Waals surface area contributed by atoms with Crippen LogP contribution in [0.15, 0.2) is 48.5 Å². The zero-order chi connectivity index (χ0) is 20.3. The highest BCUT2D eigenvalue weighted by Gasteiger charge is 2.21. The molecule has 0 heterocycles. The predicted molar refractivity (Wildman–Crippen MR) is 125 cm³/mol. The van der Waals surface area contributed by atoms with Crippen LogP contribution in [-0.4, -0.2) is 0 Å². The molecular weight excluding hydrogens is 348 g/mol. The highest BCUT2D eigenvalue weighted by molar-refractivity contribution is 5.46. The van der Waals surface area contributed by atoms with Crippen LogP contribution in [0, 0.1) is 29.6 Å². The van der Waals surface area contributed by atoms with Crippen LogP contribution in [0.25, 0.3) is 0 Å². The molecule has 0 aromatic heterocycles. The molecule has 1 saturated carbocycles. The Balaban J connectivity index is 1.50. The molecule has 0 N–H and O–H groups in total. The summed E-state index contributed by atoms with van der Waals surface area (Å²) in [6, 6.07) is 17.1. The summed E-state index contributed by atoms with van der Waals surface area (Å²) in [5, 5.41) is 0. The van der Waals surface area contributed by atoms with Gasteiger partial charge in [0, 0.05) is 16.7 Å². The second-order valence-corrected chi connectivity index (χ2v) is 8.39. The second-order valence-electron chi connectivity index (χ2n) is 8.39. The van der Waals surface area contributed by atoms with Gasteiger partial charge in [-0.25, -0.2) is 0 Å². The predicted octanol–water partition coefficient (Wildman–Crippen LogP) is 7.70. The van der Waals surface area contributed by atoms with Crippen molar-refractivity contribution >= 4 is 0 Å². The molecule has 2 aromatic carbocycles. The highest BCUT2D eigenvalue weighted by Crippen LogP contribution is 2.37. The van der Waals surface area contributed by atoms with Gasteiger partial charge in [-0.1, -0.05) is 68.9 Å². The normalized spacial score (nSPS) is 18.3. The van der Waals surface area contributed by atoms with E-state index in [9.17, 15) is 0 Å². The van der Waals surface area contributed by atoms with Crippen LogP contribution in [0.3, 0.4) is 0 Å². The fraction of sp³-hybridized carbons (Fsp3) is 0.448. The third-order valence-electron chi connectivity index (χ3n) is 6.20. The minimum absolute atomic E-state index is 0.746. The number of hydrogen-bond acceptors (Lipinski definition) is 0. The summed E-state index contributed by atoms with van der Waals surface area (Å²) in [6.45, 7) is 4.15. The van der Waals surface area contributed by atoms with E-state index in [2.05, 4.69) is 54.9 Å². The van der Waals surface area contributed by atoms with Crippen molar-refractivity contribution in [1.29, 1.82) is 0 Å². The molecule has 0 amide bonds. The Hall–Kier alpha value is -2.44. The number of unbranched alkanes of at least 4 members (excludes halogenated alkanes) is 3. The lowest BCUT2D eigenvalue weighted by Crippen LogP contribution is -2.13. The van der Waals surface area contributed by atoms with E-state index < -0.39 is 0 Å². The van der Waals surface area contributed by atoms with E-state index in [-0.39, 0.29) is 0 Å². The molecule has 0 saturated heterocycles. The molecule has 1 aliphatic carbocycles. The first kappa shape index (κ1) is 21.3. The van der Waals surface area contributed by atoms with Crippen LogP contribution in [0.4, 0.5) is 0 Å². The van der Waals surface area contributed by atoms with Gasteiger partial charge in [-0.3, -0.25) is 0 Å². The van der Waals surface area contributed by atoms with Crippen molar-refractivity contribution in [2.24, 2.45) is 5.92 Å². The molecule has 3 rings (SSSR count). The minimum Gasteiger partial charge on any atom is -0.101 e. The third-order valence-corrected chi connectivity index (χ3v) is 6.20. The molecule has 0 heteroatoms. The van der Waals surface area contributed by atoms with Crippen LogP contribution in [-0.2, 0) is 0 Å². The average molecular weight is 383 g/mol. The van der Waals surface area contributed by atoms with Crippen molar-refractivity contribution in [1.82, 2.24) is 0 Å². The molecule has 1 aliphatic rings. The number of benzene rings is 2. The molecule has 0 spiro atoms. The van der Waals surface area contributed by atoms with Gasteiger partial charge < -0.3 is 0 Å². The standard InChI is InChI=1S/C29H34/c1-3-5-6-7-9-25-16-20-28(21-17-25)29-22-18-27(19-23-29)15-14-26-12-10-24(8-4-2)11-13-26/h10-13,18-19,22-23,25,28H,3,5-7,9,16-17,20-21H2,1-2H3. The molecule has 1 fully saturated rings. The van der Waals surface area contributed by atoms with E-state index in [0.29, 0.717) is 0 Å². The van der Waals surface area contributed by atoms with E-state index in [1.165, 1.54) is 63.4 Å². The Kier molecular flexibility index (Phi) is 8.46. The van der Waals surface area contributed by atoms with Crippen LogP contribution in [0.1, 0.15) is 99.8 Å². The lowest BCUT2D eigenvalue weighted by molar-refractivity contribution is 0.302. The van der Waals surface area contributed by atoms with Crippen LogP contribution in [0.2, 0.25) is 0 Å². The first-order chi connectivity index (χ1) is 14.3. The van der Waals surface area contributed by atoms with Crippen molar-refractivity contribution in [3.63, 3.8) is 0 Å². The van der Waals surface area contributed by atoms with E-state index in [4.69, 9.17) is 0 Å². The molecular formula is C29H34. The summed E-state index contributed by atoms with van der Waals surface area (Å²) in [7, 11) is 0. The molecule has 0 atom stereocenters. The van der Waals surface area contributed by atoms with Gasteiger partial charge in [-0.2, -0.15) is 0 Å². The van der Waals surface area contributed by atoms with Crippen LogP contribution in [0.5, 0.6) is 0 Å². The summed E-state index contributed by atoms with van der Waals surface area (Å²) < 4.78 is 0. The Morgan fingerprint density at radius 2 is 1.24 bits per heavy atom. The summed E-state index contributed by atoms with van der Waals surface area (Å²) in [5.74, 6) is 14.3. The van der Waals surface area contributed by atoms with Gasteiger partial charge in [0.25, 0.3) is 0 Å². The Morgan fingerprint density at radius 3 is 1.79 bits per heavy atom. The molecule has 0 nitrogen and oxygen atoms in total. The number of hydrogen-bond donors (Lipinski definition) is 0. The van der Waals surface area contributed by atoms with Gasteiger partial charge in [-0.15, -0.1) is 5.92 Å². The summed E-state index contributed by atoms with van der Waals surface area (Å²) in [4.78, 5) is 0. The minimum atomic E-state index is 0.746. The number of rotatable bonds is 6. The second kappa shape index (κ2) is 11.5. The topological polar surface area (TPSA) is 0 Å². The van der Waals surface area contributed by atoms with Gasteiger partial charge >= 0.3 is 0 Å². The lowest BCUT2D eigenvalue weighted by atomic mass is 9.77. The van der Waals surface area contributed by atoms with Crippen molar-refractivity contribution in [3.8, 4) is 23.7 Å². The van der Waals surface area contributed by atoms with Gasteiger partial charge in [0.05, 0.1) is 0 Å². The van der Waals surface area contributed by atoms with Gasteiger partial charge in [0.1, 0.15) is 0 Å². The molecule has 0 aliphatic heterocycles. The van der Waals surface area contributed by atoms with Crippen LogP contribution < -0.4 is 0 Å². The van der Waals surface area contributed by atoms with E-state index >= 15 is 0 Å². The molecule has 29 heavy (non-hydrogen) atoms. The third kappa shape index (κ3) is 6.84. The smallest absolute Gasteiger partial charge is 0.0249 e. The molecule has 0 unspecified atom stereocenters. The zero-order valence-corrected chi connectivity index (χ0v) is 18.1. The Labute approximate surface area is 178 Å². The van der Waals surface area contributed by atoms with Crippen LogP contribution >= 0.6 is 0 Å². The average Bonchev–Trinajstić information content (AvgIpc) is 2.77. The summed E-state index contributed by atoms with van der Waals surface area (Å²) in [5.41, 5.74) is 4.67. The van der Waals surface area contributed by atoms with E-state index in [1.54, 1.807) is 0 Å². The quantitative estimate of drug-likeness (QED) is 0.354. The lowest BCUT2D eigenvalue weighted by Gasteiger charge is -2.29. The maximum absolute atomic E-state index is 3.30. The monoisotopic (exact) mass is 382 g/mol.